The quantitative estimate of drug-likeness (QED) is 0.0418. The van der Waals surface area contributed by atoms with E-state index in [9.17, 15) is 14.3 Å². The van der Waals surface area contributed by atoms with Crippen LogP contribution in [-0.2, 0) is 27.9 Å². The molecular weight excluding hydrogens is 517 g/mol. The van der Waals surface area contributed by atoms with Crippen molar-refractivity contribution in [2.45, 2.75) is 84.2 Å². The third kappa shape index (κ3) is 27.8. The summed E-state index contributed by atoms with van der Waals surface area (Å²) in [5.74, 6) is -0.403. The lowest BCUT2D eigenvalue weighted by atomic mass is 10.2. The highest BCUT2D eigenvalue weighted by Gasteiger charge is 2.20. The molecule has 0 N–H and O–H groups in total. The van der Waals surface area contributed by atoms with E-state index in [-0.39, 0.29) is 26.2 Å². The number of phosphoric ester groups is 1. The molecule has 0 bridgehead atoms. The number of ether oxygens (including phenoxy) is 2. The van der Waals surface area contributed by atoms with Gasteiger partial charge in [-0.2, -0.15) is 0 Å². The van der Waals surface area contributed by atoms with Crippen LogP contribution < -0.4 is 4.89 Å². The summed E-state index contributed by atoms with van der Waals surface area (Å²) >= 11 is 0. The number of carbonyl (C=O) groups is 1. The Bertz CT molecular complexity index is 772. The Balaban J connectivity index is 4.11. The summed E-state index contributed by atoms with van der Waals surface area (Å²) in [7, 11) is 1.31. The van der Waals surface area contributed by atoms with Crippen LogP contribution in [0.15, 0.2) is 48.6 Å². The molecule has 0 amide bonds. The number of phosphoric acid groups is 1. The summed E-state index contributed by atoms with van der Waals surface area (Å²) in [6.07, 6.45) is 25.6. The van der Waals surface area contributed by atoms with Crippen molar-refractivity contribution in [3.63, 3.8) is 0 Å². The normalized spacial score (nSPS) is 15.1. The van der Waals surface area contributed by atoms with Gasteiger partial charge in [0, 0.05) is 13.0 Å². The van der Waals surface area contributed by atoms with Gasteiger partial charge >= 0.3 is 5.97 Å². The number of likely N-dealkylation sites (N-methyl/N-ethyl adjacent to an activating group) is 1. The summed E-state index contributed by atoms with van der Waals surface area (Å²) in [5.41, 5.74) is 0. The molecule has 8 nitrogen and oxygen atoms in total. The molecule has 0 aliphatic carbocycles. The van der Waals surface area contributed by atoms with Crippen molar-refractivity contribution in [1.29, 1.82) is 0 Å². The van der Waals surface area contributed by atoms with Crippen molar-refractivity contribution < 1.29 is 37.3 Å². The van der Waals surface area contributed by atoms with Crippen LogP contribution in [0.5, 0.6) is 0 Å². The van der Waals surface area contributed by atoms with E-state index in [0.29, 0.717) is 24.1 Å². The second-order valence-corrected chi connectivity index (χ2v) is 11.8. The molecule has 0 spiro atoms. The number of carbonyl (C=O) groups excluding carboxylic acids is 1. The molecule has 0 aromatic carbocycles. The van der Waals surface area contributed by atoms with Crippen LogP contribution in [0.25, 0.3) is 0 Å². The lowest BCUT2D eigenvalue weighted by molar-refractivity contribution is -0.870. The zero-order valence-corrected chi connectivity index (χ0v) is 25.9. The van der Waals surface area contributed by atoms with Crippen LogP contribution in [0.2, 0.25) is 0 Å². The van der Waals surface area contributed by atoms with E-state index in [4.69, 9.17) is 18.5 Å². The largest absolute Gasteiger partial charge is 0.756 e. The first kappa shape index (κ1) is 37.5. The molecule has 0 aromatic rings. The number of hydrogen-bond acceptors (Lipinski definition) is 7. The topological polar surface area (TPSA) is 94.1 Å². The first-order chi connectivity index (χ1) is 18.6. The maximum Gasteiger partial charge on any atom is 0.306 e. The maximum atomic E-state index is 12.1. The van der Waals surface area contributed by atoms with Gasteiger partial charge in [0.2, 0.25) is 0 Å². The van der Waals surface area contributed by atoms with Gasteiger partial charge in [-0.15, -0.1) is 0 Å². The molecule has 0 aliphatic rings. The predicted octanol–water partition coefficient (Wildman–Crippen LogP) is 6.29. The van der Waals surface area contributed by atoms with Gasteiger partial charge in [-0.05, 0) is 51.4 Å². The van der Waals surface area contributed by atoms with Crippen LogP contribution in [0.1, 0.15) is 78.1 Å². The van der Waals surface area contributed by atoms with Crippen LogP contribution in [0.4, 0.5) is 0 Å². The molecule has 2 unspecified atom stereocenters. The summed E-state index contributed by atoms with van der Waals surface area (Å²) in [6, 6.07) is 0. The molecule has 0 radical (unpaired) electrons. The van der Waals surface area contributed by atoms with Crippen LogP contribution in [-0.4, -0.2) is 70.7 Å². The van der Waals surface area contributed by atoms with E-state index < -0.39 is 19.9 Å². The van der Waals surface area contributed by atoms with E-state index in [1.54, 1.807) is 0 Å². The Morgan fingerprint density at radius 1 is 0.821 bits per heavy atom. The van der Waals surface area contributed by atoms with Crippen molar-refractivity contribution in [3.8, 4) is 0 Å². The predicted molar refractivity (Wildman–Crippen MR) is 157 cm³/mol. The van der Waals surface area contributed by atoms with Gasteiger partial charge in [0.1, 0.15) is 19.3 Å². The number of esters is 1. The Morgan fingerprint density at radius 3 is 2.03 bits per heavy atom. The maximum absolute atomic E-state index is 12.1. The first-order valence-corrected chi connectivity index (χ1v) is 15.8. The van der Waals surface area contributed by atoms with Crippen molar-refractivity contribution >= 4 is 13.8 Å². The molecule has 226 valence electrons. The van der Waals surface area contributed by atoms with E-state index in [0.717, 1.165) is 51.4 Å². The Morgan fingerprint density at radius 2 is 1.44 bits per heavy atom. The molecule has 0 heterocycles. The summed E-state index contributed by atoms with van der Waals surface area (Å²) in [5, 5.41) is 0. The van der Waals surface area contributed by atoms with Gasteiger partial charge in [0.15, 0.2) is 0 Å². The molecule has 0 fully saturated rings. The van der Waals surface area contributed by atoms with Crippen molar-refractivity contribution in [3.05, 3.63) is 48.6 Å². The molecule has 0 aromatic heterocycles. The minimum atomic E-state index is -4.49. The minimum absolute atomic E-state index is 0.0159. The average Bonchev–Trinajstić information content (AvgIpc) is 2.85. The van der Waals surface area contributed by atoms with Crippen LogP contribution in [0.3, 0.4) is 0 Å². The van der Waals surface area contributed by atoms with Crippen LogP contribution in [0, 0.1) is 0 Å². The third-order valence-corrected chi connectivity index (χ3v) is 6.33. The molecule has 0 rings (SSSR count). The number of quaternary nitrogens is 1. The standard InChI is InChI=1S/C30H54NO7P/c1-6-8-9-10-11-12-13-14-15-16-17-18-19-20-21-22-25-35-27-29(38-30(32)23-7-2)28-37-39(33,34)36-26-24-31(3,4)5/h8-9,11-12,14-15,17-18,29H,6-7,10,13,16,19-28H2,1-5H3/b9-8-,12-11-,15-14-,18-17-. The Kier molecular flexibility index (Phi) is 23.3. The fourth-order valence-corrected chi connectivity index (χ4v) is 3.89. The number of unbranched alkanes of at least 4 members (excludes halogenated alkanes) is 3. The molecule has 2 atom stereocenters. The summed E-state index contributed by atoms with van der Waals surface area (Å²) < 4.78 is 33.5. The summed E-state index contributed by atoms with van der Waals surface area (Å²) in [6.45, 7) is 4.79. The number of hydrogen-bond donors (Lipinski definition) is 0. The van der Waals surface area contributed by atoms with Gasteiger partial charge in [-0.3, -0.25) is 9.36 Å². The smallest absolute Gasteiger partial charge is 0.306 e. The highest BCUT2D eigenvalue weighted by Crippen LogP contribution is 2.38. The van der Waals surface area contributed by atoms with Gasteiger partial charge in [-0.1, -0.05) is 68.9 Å². The van der Waals surface area contributed by atoms with Gasteiger partial charge < -0.3 is 27.9 Å². The number of rotatable bonds is 25. The van der Waals surface area contributed by atoms with E-state index >= 15 is 0 Å². The average molecular weight is 572 g/mol. The number of allylic oxidation sites excluding steroid dienone is 8. The highest BCUT2D eigenvalue weighted by atomic mass is 31.2. The zero-order valence-electron chi connectivity index (χ0n) is 25.1. The SMILES string of the molecule is CC/C=C\C/C=C\C/C=C\C/C=C\CCCCCOCC(COP(=O)([O-])OCC[N+](C)(C)C)OC(=O)CCC. The minimum Gasteiger partial charge on any atom is -0.756 e. The second-order valence-electron chi connectivity index (χ2n) is 10.4. The van der Waals surface area contributed by atoms with Crippen molar-refractivity contribution in [2.75, 3.05) is 54.1 Å². The molecule has 0 aliphatic heterocycles. The fourth-order valence-electron chi connectivity index (χ4n) is 3.16. The van der Waals surface area contributed by atoms with Gasteiger partial charge in [0.05, 0.1) is 34.4 Å². The molecular formula is C30H54NO7P. The van der Waals surface area contributed by atoms with E-state index in [1.807, 2.05) is 28.1 Å². The zero-order chi connectivity index (χ0) is 29.2. The van der Waals surface area contributed by atoms with Crippen molar-refractivity contribution in [2.24, 2.45) is 0 Å². The van der Waals surface area contributed by atoms with Gasteiger partial charge in [-0.25, -0.2) is 0 Å². The van der Waals surface area contributed by atoms with E-state index in [1.165, 1.54) is 0 Å². The highest BCUT2D eigenvalue weighted by molar-refractivity contribution is 7.45. The van der Waals surface area contributed by atoms with Gasteiger partial charge in [0.25, 0.3) is 7.82 Å². The van der Waals surface area contributed by atoms with Crippen LogP contribution >= 0.6 is 7.82 Å². The van der Waals surface area contributed by atoms with E-state index in [2.05, 4.69) is 55.5 Å². The Labute approximate surface area is 237 Å². The monoisotopic (exact) mass is 571 g/mol. The second kappa shape index (κ2) is 24.3. The molecule has 9 heteroatoms. The fraction of sp³-hybridized carbons (Fsp3) is 0.700. The summed E-state index contributed by atoms with van der Waals surface area (Å²) in [4.78, 5) is 24.0. The molecule has 39 heavy (non-hydrogen) atoms. The lowest BCUT2D eigenvalue weighted by Gasteiger charge is -2.28. The molecule has 0 saturated carbocycles. The number of nitrogens with zero attached hydrogens (tertiary/aromatic N) is 1. The molecule has 0 saturated heterocycles. The van der Waals surface area contributed by atoms with Crippen molar-refractivity contribution in [1.82, 2.24) is 0 Å². The Hall–Kier alpha value is -1.54. The lowest BCUT2D eigenvalue weighted by Crippen LogP contribution is -2.37. The third-order valence-electron chi connectivity index (χ3n) is 5.36. The first-order valence-electron chi connectivity index (χ1n) is 14.4.